The lowest BCUT2D eigenvalue weighted by atomic mass is 10.1. The summed E-state index contributed by atoms with van der Waals surface area (Å²) in [6.07, 6.45) is 2.81. The Morgan fingerprint density at radius 1 is 1.23 bits per heavy atom. The lowest BCUT2D eigenvalue weighted by Gasteiger charge is -2.20. The summed E-state index contributed by atoms with van der Waals surface area (Å²) >= 11 is 0. The maximum Gasteiger partial charge on any atom is 0.270 e. The third-order valence-corrected chi connectivity index (χ3v) is 2.72. The molecule has 2 aromatic rings. The van der Waals surface area contributed by atoms with Crippen molar-refractivity contribution >= 4 is 11.6 Å². The number of amides is 1. The SMILES string of the molecule is CC(C)(C)NC(=O)c1cnc(-c2cccc([N+](=O)[O-])c2)nc1. The molecule has 1 aromatic carbocycles. The van der Waals surface area contributed by atoms with Gasteiger partial charge in [-0.05, 0) is 20.8 Å². The molecule has 1 heterocycles. The van der Waals surface area contributed by atoms with Crippen LogP contribution in [0.5, 0.6) is 0 Å². The third kappa shape index (κ3) is 3.85. The van der Waals surface area contributed by atoms with Crippen molar-refractivity contribution < 1.29 is 9.72 Å². The van der Waals surface area contributed by atoms with Gasteiger partial charge in [-0.15, -0.1) is 0 Å². The van der Waals surface area contributed by atoms with E-state index in [4.69, 9.17) is 0 Å². The van der Waals surface area contributed by atoms with E-state index in [1.165, 1.54) is 24.5 Å². The minimum Gasteiger partial charge on any atom is -0.347 e. The van der Waals surface area contributed by atoms with Crippen molar-refractivity contribution in [3.8, 4) is 11.4 Å². The molecule has 0 saturated heterocycles. The standard InChI is InChI=1S/C15H16N4O3/c1-15(2,3)18-14(20)11-8-16-13(17-9-11)10-5-4-6-12(7-10)19(21)22/h4-9H,1-3H3,(H,18,20). The first kappa shape index (κ1) is 15.6. The van der Waals surface area contributed by atoms with Crippen LogP contribution in [0.1, 0.15) is 31.1 Å². The maximum absolute atomic E-state index is 12.0. The molecule has 1 N–H and O–H groups in total. The second-order valence-electron chi connectivity index (χ2n) is 5.81. The zero-order chi connectivity index (χ0) is 16.3. The summed E-state index contributed by atoms with van der Waals surface area (Å²) in [6, 6.07) is 6.03. The molecule has 2 rings (SSSR count). The van der Waals surface area contributed by atoms with E-state index in [9.17, 15) is 14.9 Å². The Kier molecular flexibility index (Phi) is 4.16. The number of nitro groups is 1. The van der Waals surface area contributed by atoms with Crippen LogP contribution in [0, 0.1) is 10.1 Å². The summed E-state index contributed by atoms with van der Waals surface area (Å²) in [5, 5.41) is 13.6. The molecule has 1 aromatic heterocycles. The Bertz CT molecular complexity index is 705. The van der Waals surface area contributed by atoms with Gasteiger partial charge in [-0.3, -0.25) is 14.9 Å². The molecule has 0 fully saturated rings. The average molecular weight is 300 g/mol. The lowest BCUT2D eigenvalue weighted by Crippen LogP contribution is -2.40. The van der Waals surface area contributed by atoms with Gasteiger partial charge in [0.2, 0.25) is 0 Å². The number of aromatic nitrogens is 2. The minimum atomic E-state index is -0.478. The third-order valence-electron chi connectivity index (χ3n) is 2.72. The number of non-ortho nitro benzene ring substituents is 1. The van der Waals surface area contributed by atoms with Crippen LogP contribution in [0.25, 0.3) is 11.4 Å². The first-order valence-electron chi connectivity index (χ1n) is 6.66. The summed E-state index contributed by atoms with van der Waals surface area (Å²) in [5.41, 5.74) is 0.479. The van der Waals surface area contributed by atoms with E-state index < -0.39 is 4.92 Å². The summed E-state index contributed by atoms with van der Waals surface area (Å²) < 4.78 is 0. The summed E-state index contributed by atoms with van der Waals surface area (Å²) in [4.78, 5) is 30.5. The van der Waals surface area contributed by atoms with Gasteiger partial charge >= 0.3 is 0 Å². The number of nitrogens with one attached hydrogen (secondary N) is 1. The number of nitro benzene ring substituents is 1. The molecular formula is C15H16N4O3. The lowest BCUT2D eigenvalue weighted by molar-refractivity contribution is -0.384. The highest BCUT2D eigenvalue weighted by Gasteiger charge is 2.16. The molecule has 1 amide bonds. The number of benzene rings is 1. The van der Waals surface area contributed by atoms with Gasteiger partial charge in [-0.1, -0.05) is 12.1 Å². The Morgan fingerprint density at radius 2 is 1.86 bits per heavy atom. The fourth-order valence-corrected chi connectivity index (χ4v) is 1.77. The molecule has 0 spiro atoms. The second kappa shape index (κ2) is 5.88. The van der Waals surface area contributed by atoms with Crippen molar-refractivity contribution in [2.45, 2.75) is 26.3 Å². The van der Waals surface area contributed by atoms with E-state index >= 15 is 0 Å². The van der Waals surface area contributed by atoms with Crippen molar-refractivity contribution in [3.05, 3.63) is 52.3 Å². The number of rotatable bonds is 3. The summed E-state index contributed by atoms with van der Waals surface area (Å²) in [6.45, 7) is 5.63. The Hall–Kier alpha value is -2.83. The van der Waals surface area contributed by atoms with E-state index in [0.717, 1.165) is 0 Å². The zero-order valence-corrected chi connectivity index (χ0v) is 12.5. The van der Waals surface area contributed by atoms with E-state index in [1.54, 1.807) is 12.1 Å². The van der Waals surface area contributed by atoms with Gasteiger partial charge in [0.15, 0.2) is 5.82 Å². The van der Waals surface area contributed by atoms with Crippen molar-refractivity contribution in [1.29, 1.82) is 0 Å². The Balaban J connectivity index is 2.24. The zero-order valence-electron chi connectivity index (χ0n) is 12.5. The molecule has 22 heavy (non-hydrogen) atoms. The topological polar surface area (TPSA) is 98.0 Å². The van der Waals surface area contributed by atoms with Gasteiger partial charge in [-0.2, -0.15) is 0 Å². The van der Waals surface area contributed by atoms with E-state index in [2.05, 4.69) is 15.3 Å². The van der Waals surface area contributed by atoms with Gasteiger partial charge < -0.3 is 5.32 Å². The molecule has 7 heteroatoms. The van der Waals surface area contributed by atoms with Crippen LogP contribution >= 0.6 is 0 Å². The van der Waals surface area contributed by atoms with Crippen molar-refractivity contribution in [1.82, 2.24) is 15.3 Å². The molecule has 0 saturated carbocycles. The molecule has 0 unspecified atom stereocenters. The number of hydrogen-bond donors (Lipinski definition) is 1. The normalized spacial score (nSPS) is 11.0. The highest BCUT2D eigenvalue weighted by atomic mass is 16.6. The fourth-order valence-electron chi connectivity index (χ4n) is 1.77. The summed E-state index contributed by atoms with van der Waals surface area (Å²) in [7, 11) is 0. The van der Waals surface area contributed by atoms with E-state index in [0.29, 0.717) is 17.0 Å². The van der Waals surface area contributed by atoms with Crippen LogP contribution in [0.3, 0.4) is 0 Å². The van der Waals surface area contributed by atoms with Gasteiger partial charge in [0.1, 0.15) is 0 Å². The molecule has 0 aliphatic rings. The van der Waals surface area contributed by atoms with Crippen LogP contribution in [0.15, 0.2) is 36.7 Å². The largest absolute Gasteiger partial charge is 0.347 e. The second-order valence-corrected chi connectivity index (χ2v) is 5.81. The molecule has 0 bridgehead atoms. The number of nitrogens with zero attached hydrogens (tertiary/aromatic N) is 3. The van der Waals surface area contributed by atoms with Crippen molar-refractivity contribution in [2.75, 3.05) is 0 Å². The fraction of sp³-hybridized carbons (Fsp3) is 0.267. The number of carbonyl (C=O) groups is 1. The smallest absolute Gasteiger partial charge is 0.270 e. The highest BCUT2D eigenvalue weighted by molar-refractivity contribution is 5.94. The van der Waals surface area contributed by atoms with Crippen LogP contribution < -0.4 is 5.32 Å². The predicted octanol–water partition coefficient (Wildman–Crippen LogP) is 2.58. The summed E-state index contributed by atoms with van der Waals surface area (Å²) in [5.74, 6) is 0.0640. The first-order chi connectivity index (χ1) is 10.3. The number of carbonyl (C=O) groups excluding carboxylic acids is 1. The molecule has 0 aliphatic heterocycles. The molecule has 114 valence electrons. The van der Waals surface area contributed by atoms with Crippen LogP contribution in [-0.2, 0) is 0 Å². The number of hydrogen-bond acceptors (Lipinski definition) is 5. The molecule has 7 nitrogen and oxygen atoms in total. The van der Waals surface area contributed by atoms with Crippen LogP contribution in [-0.4, -0.2) is 26.3 Å². The predicted molar refractivity (Wildman–Crippen MR) is 81.3 cm³/mol. The molecule has 0 radical (unpaired) electrons. The van der Waals surface area contributed by atoms with Crippen molar-refractivity contribution in [3.63, 3.8) is 0 Å². The quantitative estimate of drug-likeness (QED) is 0.694. The highest BCUT2D eigenvalue weighted by Crippen LogP contribution is 2.20. The van der Waals surface area contributed by atoms with Crippen LogP contribution in [0.2, 0.25) is 0 Å². The van der Waals surface area contributed by atoms with Crippen LogP contribution in [0.4, 0.5) is 5.69 Å². The molecule has 0 aliphatic carbocycles. The van der Waals surface area contributed by atoms with Crippen molar-refractivity contribution in [2.24, 2.45) is 0 Å². The Labute approximate surface area is 127 Å². The van der Waals surface area contributed by atoms with Gasteiger partial charge in [0, 0.05) is 35.6 Å². The Morgan fingerprint density at radius 3 is 2.41 bits per heavy atom. The first-order valence-corrected chi connectivity index (χ1v) is 6.66. The molecular weight excluding hydrogens is 284 g/mol. The monoisotopic (exact) mass is 300 g/mol. The van der Waals surface area contributed by atoms with E-state index in [-0.39, 0.29) is 17.1 Å². The maximum atomic E-state index is 12.0. The van der Waals surface area contributed by atoms with E-state index in [1.807, 2.05) is 20.8 Å². The molecule has 0 atom stereocenters. The minimum absolute atomic E-state index is 0.0318. The van der Waals surface area contributed by atoms with Gasteiger partial charge in [0.25, 0.3) is 11.6 Å². The van der Waals surface area contributed by atoms with Gasteiger partial charge in [0.05, 0.1) is 10.5 Å². The average Bonchev–Trinajstić information content (AvgIpc) is 2.46. The van der Waals surface area contributed by atoms with Gasteiger partial charge in [-0.25, -0.2) is 9.97 Å².